The van der Waals surface area contributed by atoms with Crippen LogP contribution in [0.3, 0.4) is 0 Å². The Morgan fingerprint density at radius 3 is 2.63 bits per heavy atom. The van der Waals surface area contributed by atoms with E-state index in [0.29, 0.717) is 10.7 Å². The van der Waals surface area contributed by atoms with Crippen LogP contribution in [0.5, 0.6) is 0 Å². The third kappa shape index (κ3) is 5.02. The number of hydrogen-bond acceptors (Lipinski definition) is 4. The molecule has 0 fully saturated rings. The zero-order chi connectivity index (χ0) is 19.4. The number of benzene rings is 2. The molecule has 2 aromatic carbocycles. The van der Waals surface area contributed by atoms with Crippen LogP contribution in [0.1, 0.15) is 6.42 Å². The third-order valence-corrected chi connectivity index (χ3v) is 5.53. The molecular formula is C19H18ClN3O3S. The third-order valence-electron chi connectivity index (χ3n) is 4.00. The molecular weight excluding hydrogens is 386 g/mol. The molecule has 6 nitrogen and oxygen atoms in total. The SMILES string of the molecule is CN(CC(=O)Nc1ccc(Cl)cc1)C(=O)C[C@@H]1Sc2ccccc2NC1=O. The van der Waals surface area contributed by atoms with E-state index in [0.717, 1.165) is 10.6 Å². The van der Waals surface area contributed by atoms with E-state index in [1.807, 2.05) is 24.3 Å². The average Bonchev–Trinajstić information content (AvgIpc) is 2.64. The van der Waals surface area contributed by atoms with Crippen molar-refractivity contribution in [3.05, 3.63) is 53.6 Å². The normalized spacial score (nSPS) is 15.5. The Hall–Kier alpha value is -2.51. The molecule has 3 amide bonds. The molecule has 1 aliphatic heterocycles. The standard InChI is InChI=1S/C19H18ClN3O3S/c1-23(11-17(24)21-13-8-6-12(20)7-9-13)18(25)10-16-19(26)22-14-4-2-3-5-15(14)27-16/h2-9,16H,10-11H2,1H3,(H,21,24)(H,22,26)/t16-/m0/s1. The molecule has 3 rings (SSSR count). The van der Waals surface area contributed by atoms with Crippen molar-refractivity contribution in [1.82, 2.24) is 4.90 Å². The predicted molar refractivity (Wildman–Crippen MR) is 107 cm³/mol. The van der Waals surface area contributed by atoms with E-state index in [1.165, 1.54) is 16.7 Å². The fraction of sp³-hybridized carbons (Fsp3) is 0.211. The first-order valence-electron chi connectivity index (χ1n) is 8.28. The smallest absolute Gasteiger partial charge is 0.243 e. The van der Waals surface area contributed by atoms with Gasteiger partial charge < -0.3 is 15.5 Å². The molecule has 0 radical (unpaired) electrons. The van der Waals surface area contributed by atoms with Crippen molar-refractivity contribution >= 4 is 52.5 Å². The molecule has 2 aromatic rings. The quantitative estimate of drug-likeness (QED) is 0.803. The molecule has 0 saturated heterocycles. The Morgan fingerprint density at radius 1 is 1.19 bits per heavy atom. The van der Waals surface area contributed by atoms with Gasteiger partial charge in [0.2, 0.25) is 17.7 Å². The summed E-state index contributed by atoms with van der Waals surface area (Å²) >= 11 is 7.17. The summed E-state index contributed by atoms with van der Waals surface area (Å²) in [5, 5.41) is 5.57. The lowest BCUT2D eigenvalue weighted by Crippen LogP contribution is -2.39. The van der Waals surface area contributed by atoms with Crippen LogP contribution in [-0.2, 0) is 14.4 Å². The molecule has 0 bridgehead atoms. The highest BCUT2D eigenvalue weighted by atomic mass is 35.5. The summed E-state index contributed by atoms with van der Waals surface area (Å²) in [6.07, 6.45) is 0.0234. The first-order valence-corrected chi connectivity index (χ1v) is 9.54. The molecule has 8 heteroatoms. The maximum atomic E-state index is 12.4. The van der Waals surface area contributed by atoms with Crippen LogP contribution < -0.4 is 10.6 Å². The molecule has 0 spiro atoms. The van der Waals surface area contributed by atoms with Gasteiger partial charge in [-0.3, -0.25) is 14.4 Å². The Morgan fingerprint density at radius 2 is 1.89 bits per heavy atom. The molecule has 2 N–H and O–H groups in total. The van der Waals surface area contributed by atoms with E-state index in [-0.39, 0.29) is 30.7 Å². The Balaban J connectivity index is 1.54. The van der Waals surface area contributed by atoms with Crippen molar-refractivity contribution in [2.24, 2.45) is 0 Å². The van der Waals surface area contributed by atoms with Crippen LogP contribution in [0.25, 0.3) is 0 Å². The maximum absolute atomic E-state index is 12.4. The van der Waals surface area contributed by atoms with E-state index < -0.39 is 5.25 Å². The number of nitrogens with one attached hydrogen (secondary N) is 2. The number of carbonyl (C=O) groups is 3. The first-order chi connectivity index (χ1) is 12.9. The molecule has 0 aromatic heterocycles. The molecule has 0 unspecified atom stereocenters. The molecule has 1 atom stereocenters. The molecule has 0 saturated carbocycles. The summed E-state index contributed by atoms with van der Waals surface area (Å²) in [6, 6.07) is 14.2. The van der Waals surface area contributed by atoms with Crippen molar-refractivity contribution < 1.29 is 14.4 Å². The fourth-order valence-electron chi connectivity index (χ4n) is 2.58. The lowest BCUT2D eigenvalue weighted by molar-refractivity contribution is -0.134. The number of anilines is 2. The number of thioether (sulfide) groups is 1. The highest BCUT2D eigenvalue weighted by molar-refractivity contribution is 8.01. The van der Waals surface area contributed by atoms with Gasteiger partial charge in [0.25, 0.3) is 0 Å². The van der Waals surface area contributed by atoms with Gasteiger partial charge in [-0.15, -0.1) is 11.8 Å². The Labute approximate surface area is 166 Å². The number of para-hydroxylation sites is 1. The van der Waals surface area contributed by atoms with Crippen LogP contribution in [0.4, 0.5) is 11.4 Å². The van der Waals surface area contributed by atoms with Crippen LogP contribution in [0, 0.1) is 0 Å². The summed E-state index contributed by atoms with van der Waals surface area (Å²) in [5.41, 5.74) is 1.36. The molecule has 0 aliphatic carbocycles. The summed E-state index contributed by atoms with van der Waals surface area (Å²) in [6.45, 7) is -0.100. The summed E-state index contributed by atoms with van der Waals surface area (Å²) < 4.78 is 0. The minimum Gasteiger partial charge on any atom is -0.336 e. The first kappa shape index (κ1) is 19.3. The van der Waals surface area contributed by atoms with E-state index in [4.69, 9.17) is 11.6 Å². The number of carbonyl (C=O) groups excluding carboxylic acids is 3. The number of amides is 3. The van der Waals surface area contributed by atoms with Gasteiger partial charge in [0.05, 0.1) is 17.5 Å². The van der Waals surface area contributed by atoms with Crippen LogP contribution in [-0.4, -0.2) is 41.5 Å². The van der Waals surface area contributed by atoms with Gasteiger partial charge in [-0.25, -0.2) is 0 Å². The average molecular weight is 404 g/mol. The van der Waals surface area contributed by atoms with Gasteiger partial charge >= 0.3 is 0 Å². The van der Waals surface area contributed by atoms with Crippen molar-refractivity contribution in [3.8, 4) is 0 Å². The zero-order valence-electron chi connectivity index (χ0n) is 14.6. The van der Waals surface area contributed by atoms with Gasteiger partial charge in [-0.2, -0.15) is 0 Å². The number of likely N-dealkylation sites (N-methyl/N-ethyl adjacent to an activating group) is 1. The second-order valence-corrected chi connectivity index (χ2v) is 7.78. The van der Waals surface area contributed by atoms with Crippen LogP contribution in [0.15, 0.2) is 53.4 Å². The monoisotopic (exact) mass is 403 g/mol. The largest absolute Gasteiger partial charge is 0.336 e. The lowest BCUT2D eigenvalue weighted by Gasteiger charge is -2.25. The number of halogens is 1. The summed E-state index contributed by atoms with van der Waals surface area (Å²) in [5.74, 6) is -0.793. The van der Waals surface area contributed by atoms with Crippen molar-refractivity contribution in [2.75, 3.05) is 24.2 Å². The van der Waals surface area contributed by atoms with Crippen LogP contribution in [0.2, 0.25) is 5.02 Å². The zero-order valence-corrected chi connectivity index (χ0v) is 16.1. The number of hydrogen-bond donors (Lipinski definition) is 2. The van der Waals surface area contributed by atoms with Crippen molar-refractivity contribution in [2.45, 2.75) is 16.6 Å². The van der Waals surface area contributed by atoms with Gasteiger partial charge in [0, 0.05) is 29.1 Å². The van der Waals surface area contributed by atoms with E-state index in [9.17, 15) is 14.4 Å². The predicted octanol–water partition coefficient (Wildman–Crippen LogP) is 3.24. The summed E-state index contributed by atoms with van der Waals surface area (Å²) in [7, 11) is 1.54. The topological polar surface area (TPSA) is 78.5 Å². The minimum absolute atomic E-state index is 0.0234. The number of nitrogens with zero attached hydrogens (tertiary/aromatic N) is 1. The van der Waals surface area contributed by atoms with Gasteiger partial charge in [0.1, 0.15) is 0 Å². The van der Waals surface area contributed by atoms with Gasteiger partial charge in [-0.1, -0.05) is 23.7 Å². The molecule has 1 aliphatic rings. The van der Waals surface area contributed by atoms with Gasteiger partial charge in [0.15, 0.2) is 0 Å². The van der Waals surface area contributed by atoms with E-state index in [2.05, 4.69) is 10.6 Å². The van der Waals surface area contributed by atoms with Crippen LogP contribution >= 0.6 is 23.4 Å². The van der Waals surface area contributed by atoms with E-state index >= 15 is 0 Å². The molecule has 1 heterocycles. The fourth-order valence-corrected chi connectivity index (χ4v) is 3.81. The highest BCUT2D eigenvalue weighted by Crippen LogP contribution is 2.36. The highest BCUT2D eigenvalue weighted by Gasteiger charge is 2.30. The lowest BCUT2D eigenvalue weighted by atomic mass is 10.2. The van der Waals surface area contributed by atoms with Crippen molar-refractivity contribution in [3.63, 3.8) is 0 Å². The van der Waals surface area contributed by atoms with Gasteiger partial charge in [-0.05, 0) is 36.4 Å². The Bertz CT molecular complexity index is 873. The molecule has 27 heavy (non-hydrogen) atoms. The minimum atomic E-state index is -0.519. The second kappa shape index (κ2) is 8.45. The van der Waals surface area contributed by atoms with E-state index in [1.54, 1.807) is 31.3 Å². The van der Waals surface area contributed by atoms with Crippen molar-refractivity contribution in [1.29, 1.82) is 0 Å². The second-order valence-electron chi connectivity index (χ2n) is 6.10. The number of rotatable bonds is 5. The maximum Gasteiger partial charge on any atom is 0.243 e. The number of fused-ring (bicyclic) bond motifs is 1. The Kier molecular flexibility index (Phi) is 6.03. The summed E-state index contributed by atoms with van der Waals surface area (Å²) in [4.78, 5) is 39.0. The molecule has 140 valence electrons.